The van der Waals surface area contributed by atoms with Crippen molar-refractivity contribution >= 4 is 21.7 Å². The second-order valence-electron chi connectivity index (χ2n) is 6.95. The maximum absolute atomic E-state index is 12.6. The number of carbonyl (C=O) groups excluding carboxylic acids is 2. The van der Waals surface area contributed by atoms with Crippen molar-refractivity contribution in [3.8, 4) is 0 Å². The van der Waals surface area contributed by atoms with Crippen LogP contribution < -0.4 is 11.1 Å². The average Bonchev–Trinajstić information content (AvgIpc) is 2.90. The first kappa shape index (κ1) is 20.5. The van der Waals surface area contributed by atoms with Crippen molar-refractivity contribution in [2.45, 2.75) is 57.3 Å². The topological polar surface area (TPSA) is 151 Å². The van der Waals surface area contributed by atoms with E-state index in [1.807, 2.05) is 13.8 Å². The van der Waals surface area contributed by atoms with Crippen LogP contribution in [0.25, 0.3) is 0 Å². The molecule has 0 spiro atoms. The summed E-state index contributed by atoms with van der Waals surface area (Å²) in [5.74, 6) is -0.138. The average molecular weight is 386 g/mol. The number of hydrogen-bond acceptors (Lipinski definition) is 7. The van der Waals surface area contributed by atoms with Gasteiger partial charge in [0.05, 0.1) is 18.6 Å². The summed E-state index contributed by atoms with van der Waals surface area (Å²) in [5.41, 5.74) is 5.85. The van der Waals surface area contributed by atoms with Gasteiger partial charge in [-0.15, -0.1) is 5.10 Å². The largest absolute Gasteiger partial charge is 0.345 e. The van der Waals surface area contributed by atoms with Gasteiger partial charge in [0.25, 0.3) is 15.2 Å². The number of rotatable bonds is 6. The Balaban J connectivity index is 2.05. The van der Waals surface area contributed by atoms with Crippen molar-refractivity contribution < 1.29 is 18.0 Å². The number of carbonyl (C=O) groups is 2. The molecule has 0 bridgehead atoms. The molecule has 1 unspecified atom stereocenters. The highest BCUT2D eigenvalue weighted by molar-refractivity contribution is 7.89. The minimum Gasteiger partial charge on any atom is -0.345 e. The Bertz CT molecular complexity index is 760. The SMILES string of the molecule is Cc1nc(S(=O)(=O)N2CCCC(NC(=O)[C@@H](N)CC(C)C)C(=O)C2)n[nH]1. The number of aromatic nitrogens is 3. The summed E-state index contributed by atoms with van der Waals surface area (Å²) in [6, 6.07) is -1.43. The number of Topliss-reactive ketones (excluding diaryl/α,β-unsaturated/α-hetero) is 1. The number of aryl methyl sites for hydroxylation is 1. The number of sulfonamides is 1. The van der Waals surface area contributed by atoms with Crippen LogP contribution in [-0.2, 0) is 19.6 Å². The number of nitrogens with one attached hydrogen (secondary N) is 2. The molecule has 1 aromatic rings. The van der Waals surface area contributed by atoms with E-state index >= 15 is 0 Å². The first-order chi connectivity index (χ1) is 12.1. The van der Waals surface area contributed by atoms with E-state index in [0.717, 1.165) is 4.31 Å². The number of nitrogens with two attached hydrogens (primary N) is 1. The Morgan fingerprint density at radius 2 is 2.15 bits per heavy atom. The molecule has 2 atom stereocenters. The molecule has 1 aliphatic rings. The Morgan fingerprint density at radius 1 is 1.46 bits per heavy atom. The molecule has 0 aliphatic carbocycles. The number of hydrogen-bond donors (Lipinski definition) is 3. The van der Waals surface area contributed by atoms with Crippen molar-refractivity contribution in [2.24, 2.45) is 11.7 Å². The molecule has 1 saturated heterocycles. The van der Waals surface area contributed by atoms with Gasteiger partial charge in [0.2, 0.25) is 5.91 Å². The lowest BCUT2D eigenvalue weighted by Gasteiger charge is -2.20. The zero-order chi connectivity index (χ0) is 19.5. The van der Waals surface area contributed by atoms with E-state index in [4.69, 9.17) is 5.73 Å². The van der Waals surface area contributed by atoms with E-state index in [2.05, 4.69) is 20.5 Å². The molecule has 10 nitrogen and oxygen atoms in total. The van der Waals surface area contributed by atoms with Crippen molar-refractivity contribution in [1.82, 2.24) is 24.8 Å². The molecular weight excluding hydrogens is 360 g/mol. The molecule has 0 saturated carbocycles. The Kier molecular flexibility index (Phi) is 6.48. The van der Waals surface area contributed by atoms with Gasteiger partial charge in [-0.25, -0.2) is 13.4 Å². The highest BCUT2D eigenvalue weighted by Gasteiger charge is 2.35. The van der Waals surface area contributed by atoms with Crippen LogP contribution in [0.15, 0.2) is 5.16 Å². The van der Waals surface area contributed by atoms with Gasteiger partial charge in [-0.2, -0.15) is 4.31 Å². The zero-order valence-electron chi connectivity index (χ0n) is 15.2. The molecule has 146 valence electrons. The standard InChI is InChI=1S/C15H26N6O4S/c1-9(2)7-11(16)14(23)18-12-5-4-6-21(8-13(12)22)26(24,25)15-17-10(3)19-20-15/h9,11-12H,4-8,16H2,1-3H3,(H,18,23)(H,17,19,20)/t11-,12?/m0/s1. The third-order valence-corrected chi connectivity index (χ3v) is 5.78. The fourth-order valence-electron chi connectivity index (χ4n) is 2.80. The molecule has 1 amide bonds. The molecule has 1 fully saturated rings. The number of nitrogens with zero attached hydrogens (tertiary/aromatic N) is 3. The fraction of sp³-hybridized carbons (Fsp3) is 0.733. The number of ketones is 1. The monoisotopic (exact) mass is 386 g/mol. The predicted octanol–water partition coefficient (Wildman–Crippen LogP) is -0.675. The molecule has 0 radical (unpaired) electrons. The van der Waals surface area contributed by atoms with E-state index in [1.54, 1.807) is 6.92 Å². The molecular formula is C15H26N6O4S. The first-order valence-corrected chi connectivity index (χ1v) is 10.0. The van der Waals surface area contributed by atoms with Crippen molar-refractivity contribution in [1.29, 1.82) is 0 Å². The summed E-state index contributed by atoms with van der Waals surface area (Å²) in [6.45, 7) is 5.33. The third-order valence-electron chi connectivity index (χ3n) is 4.15. The van der Waals surface area contributed by atoms with Crippen LogP contribution in [0.5, 0.6) is 0 Å². The van der Waals surface area contributed by atoms with Gasteiger partial charge in [-0.05, 0) is 32.1 Å². The molecule has 2 heterocycles. The Hall–Kier alpha value is -1.85. The lowest BCUT2D eigenvalue weighted by Crippen LogP contribution is -2.50. The highest BCUT2D eigenvalue weighted by atomic mass is 32.2. The minimum absolute atomic E-state index is 0.159. The molecule has 4 N–H and O–H groups in total. The summed E-state index contributed by atoms with van der Waals surface area (Å²) < 4.78 is 26.2. The van der Waals surface area contributed by atoms with Gasteiger partial charge in [-0.1, -0.05) is 13.8 Å². The molecule has 1 aliphatic heterocycles. The maximum Gasteiger partial charge on any atom is 0.282 e. The quantitative estimate of drug-likeness (QED) is 0.586. The van der Waals surface area contributed by atoms with Crippen molar-refractivity contribution in [3.63, 3.8) is 0 Å². The number of amides is 1. The molecule has 2 rings (SSSR count). The van der Waals surface area contributed by atoms with Crippen LogP contribution >= 0.6 is 0 Å². The van der Waals surface area contributed by atoms with Gasteiger partial charge in [-0.3, -0.25) is 14.7 Å². The van der Waals surface area contributed by atoms with E-state index in [9.17, 15) is 18.0 Å². The van der Waals surface area contributed by atoms with E-state index in [-0.39, 0.29) is 29.9 Å². The van der Waals surface area contributed by atoms with Crippen LogP contribution in [0.2, 0.25) is 0 Å². The smallest absolute Gasteiger partial charge is 0.282 e. The summed E-state index contributed by atoms with van der Waals surface area (Å²) in [6.07, 6.45) is 1.30. The van der Waals surface area contributed by atoms with E-state index < -0.39 is 28.0 Å². The summed E-state index contributed by atoms with van der Waals surface area (Å²) in [4.78, 5) is 28.5. The van der Waals surface area contributed by atoms with Crippen LogP contribution in [0.3, 0.4) is 0 Å². The summed E-state index contributed by atoms with van der Waals surface area (Å²) in [5, 5.41) is 8.45. The molecule has 11 heteroatoms. The second kappa shape index (κ2) is 8.23. The van der Waals surface area contributed by atoms with Crippen LogP contribution in [0.4, 0.5) is 0 Å². The highest BCUT2D eigenvalue weighted by Crippen LogP contribution is 2.17. The van der Waals surface area contributed by atoms with Gasteiger partial charge in [0.1, 0.15) is 5.82 Å². The van der Waals surface area contributed by atoms with Gasteiger partial charge < -0.3 is 11.1 Å². The molecule has 1 aromatic heterocycles. The van der Waals surface area contributed by atoms with Crippen molar-refractivity contribution in [2.75, 3.05) is 13.1 Å². The van der Waals surface area contributed by atoms with Crippen LogP contribution in [0, 0.1) is 12.8 Å². The van der Waals surface area contributed by atoms with Crippen LogP contribution in [0.1, 0.15) is 38.9 Å². The number of aromatic amines is 1. The van der Waals surface area contributed by atoms with Gasteiger partial charge in [0, 0.05) is 6.54 Å². The van der Waals surface area contributed by atoms with E-state index in [1.165, 1.54) is 0 Å². The van der Waals surface area contributed by atoms with E-state index in [0.29, 0.717) is 25.1 Å². The van der Waals surface area contributed by atoms with Crippen LogP contribution in [-0.4, -0.2) is 64.8 Å². The Morgan fingerprint density at radius 3 is 2.73 bits per heavy atom. The van der Waals surface area contributed by atoms with Gasteiger partial charge in [0.15, 0.2) is 5.78 Å². The van der Waals surface area contributed by atoms with Crippen molar-refractivity contribution in [3.05, 3.63) is 5.82 Å². The second-order valence-corrected chi connectivity index (χ2v) is 8.78. The van der Waals surface area contributed by atoms with Gasteiger partial charge >= 0.3 is 0 Å². The molecule has 0 aromatic carbocycles. The summed E-state index contributed by atoms with van der Waals surface area (Å²) >= 11 is 0. The molecule has 26 heavy (non-hydrogen) atoms. The number of H-pyrrole nitrogens is 1. The lowest BCUT2D eigenvalue weighted by atomic mass is 10.0. The predicted molar refractivity (Wildman–Crippen MR) is 93.5 cm³/mol. The lowest BCUT2D eigenvalue weighted by molar-refractivity contribution is -0.128. The summed E-state index contributed by atoms with van der Waals surface area (Å²) in [7, 11) is -3.96. The normalized spacial score (nSPS) is 20.8. The first-order valence-electron chi connectivity index (χ1n) is 8.59. The Labute approximate surface area is 153 Å². The fourth-order valence-corrected chi connectivity index (χ4v) is 4.11. The zero-order valence-corrected chi connectivity index (χ0v) is 16.0. The third kappa shape index (κ3) is 4.86. The maximum atomic E-state index is 12.6. The minimum atomic E-state index is -3.96.